The maximum Gasteiger partial charge on any atom is 0.305 e. The highest BCUT2D eigenvalue weighted by atomic mass is 16.4. The molecule has 0 spiro atoms. The first kappa shape index (κ1) is 15.9. The van der Waals surface area contributed by atoms with Crippen LogP contribution in [0.25, 0.3) is 0 Å². The molecule has 1 amide bonds. The van der Waals surface area contributed by atoms with Crippen LogP contribution in [0.3, 0.4) is 0 Å². The third-order valence-electron chi connectivity index (χ3n) is 2.54. The fourth-order valence-corrected chi connectivity index (χ4v) is 1.62. The van der Waals surface area contributed by atoms with E-state index in [1.807, 2.05) is 27.7 Å². The molecule has 0 aliphatic rings. The molecule has 0 radical (unpaired) electrons. The largest absolute Gasteiger partial charge is 0.481 e. The monoisotopic (exact) mass is 244 g/mol. The van der Waals surface area contributed by atoms with Gasteiger partial charge in [0, 0.05) is 12.1 Å². The summed E-state index contributed by atoms with van der Waals surface area (Å²) in [6.45, 7) is 7.81. The summed E-state index contributed by atoms with van der Waals surface area (Å²) in [5, 5.41) is 8.68. The molecule has 5 nitrogen and oxygen atoms in total. The quantitative estimate of drug-likeness (QED) is 0.735. The molecule has 0 aromatic carbocycles. The molecule has 0 rings (SSSR count). The lowest BCUT2D eigenvalue weighted by molar-refractivity contribution is -0.141. The Morgan fingerprint density at radius 2 is 1.88 bits per heavy atom. The Balaban J connectivity index is 4.68. The van der Waals surface area contributed by atoms with Crippen molar-refractivity contribution >= 4 is 11.9 Å². The molecule has 5 heteroatoms. The summed E-state index contributed by atoms with van der Waals surface area (Å²) in [6.07, 6.45) is 1.41. The molecule has 0 aromatic heterocycles. The van der Waals surface area contributed by atoms with Gasteiger partial charge in [0.1, 0.15) is 0 Å². The number of nitrogens with zero attached hydrogens (tertiary/aromatic N) is 1. The Hall–Kier alpha value is -1.10. The van der Waals surface area contributed by atoms with Gasteiger partial charge in [-0.1, -0.05) is 13.3 Å². The Kier molecular flexibility index (Phi) is 6.16. The van der Waals surface area contributed by atoms with Gasteiger partial charge in [0.25, 0.3) is 0 Å². The normalized spacial score (nSPS) is 13.2. The molecular formula is C12H24N2O3. The molecule has 100 valence electrons. The zero-order chi connectivity index (χ0) is 13.6. The molecule has 0 aliphatic heterocycles. The van der Waals surface area contributed by atoms with Gasteiger partial charge in [-0.15, -0.1) is 0 Å². The number of carbonyl (C=O) groups is 2. The van der Waals surface area contributed by atoms with Gasteiger partial charge in [0.15, 0.2) is 0 Å². The van der Waals surface area contributed by atoms with Crippen LogP contribution in [0, 0.1) is 0 Å². The highest BCUT2D eigenvalue weighted by Gasteiger charge is 2.29. The second-order valence-corrected chi connectivity index (χ2v) is 5.20. The second kappa shape index (κ2) is 6.59. The summed E-state index contributed by atoms with van der Waals surface area (Å²) in [7, 11) is 0. The van der Waals surface area contributed by atoms with E-state index in [0.29, 0.717) is 6.42 Å². The smallest absolute Gasteiger partial charge is 0.305 e. The van der Waals surface area contributed by atoms with Crippen molar-refractivity contribution in [3.8, 4) is 0 Å². The maximum atomic E-state index is 12.1. The lowest BCUT2D eigenvalue weighted by Crippen LogP contribution is -2.52. The van der Waals surface area contributed by atoms with Crippen LogP contribution in [-0.2, 0) is 9.59 Å². The van der Waals surface area contributed by atoms with Crippen LogP contribution >= 0.6 is 0 Å². The Labute approximate surface area is 103 Å². The van der Waals surface area contributed by atoms with Crippen molar-refractivity contribution in [2.45, 2.75) is 58.5 Å². The second-order valence-electron chi connectivity index (χ2n) is 5.20. The van der Waals surface area contributed by atoms with E-state index in [1.54, 1.807) is 4.90 Å². The summed E-state index contributed by atoms with van der Waals surface area (Å²) in [5.41, 5.74) is 5.39. The topological polar surface area (TPSA) is 83.6 Å². The Morgan fingerprint density at radius 3 is 2.24 bits per heavy atom. The average Bonchev–Trinajstić information content (AvgIpc) is 2.15. The van der Waals surface area contributed by atoms with Crippen molar-refractivity contribution in [1.82, 2.24) is 4.90 Å². The van der Waals surface area contributed by atoms with Crippen LogP contribution in [0.4, 0.5) is 0 Å². The standard InChI is InChI=1S/C12H24N2O3/c1-5-6-9(13)11(17)14(12(2,3)4)8-7-10(15)16/h9H,5-8,13H2,1-4H3,(H,15,16)/t9-/m0/s1. The van der Waals surface area contributed by atoms with Crippen LogP contribution in [0.1, 0.15) is 47.0 Å². The van der Waals surface area contributed by atoms with E-state index < -0.39 is 17.6 Å². The number of carboxylic acid groups (broad SMARTS) is 1. The maximum absolute atomic E-state index is 12.1. The predicted octanol–water partition coefficient (Wildman–Crippen LogP) is 1.22. The van der Waals surface area contributed by atoms with Crippen LogP contribution in [0.2, 0.25) is 0 Å². The van der Waals surface area contributed by atoms with E-state index in [2.05, 4.69) is 0 Å². The van der Waals surface area contributed by atoms with Crippen molar-refractivity contribution in [1.29, 1.82) is 0 Å². The van der Waals surface area contributed by atoms with Gasteiger partial charge in [0.05, 0.1) is 12.5 Å². The molecule has 0 bridgehead atoms. The van der Waals surface area contributed by atoms with Crippen LogP contribution in [-0.4, -0.2) is 40.0 Å². The lowest BCUT2D eigenvalue weighted by Gasteiger charge is -2.37. The molecule has 1 atom stereocenters. The van der Waals surface area contributed by atoms with Gasteiger partial charge in [-0.2, -0.15) is 0 Å². The zero-order valence-corrected chi connectivity index (χ0v) is 11.2. The minimum absolute atomic E-state index is 0.0537. The van der Waals surface area contributed by atoms with Crippen molar-refractivity contribution < 1.29 is 14.7 Å². The molecular weight excluding hydrogens is 220 g/mol. The van der Waals surface area contributed by atoms with Gasteiger partial charge in [-0.25, -0.2) is 0 Å². The van der Waals surface area contributed by atoms with E-state index in [-0.39, 0.29) is 18.9 Å². The molecule has 0 heterocycles. The minimum atomic E-state index is -0.906. The van der Waals surface area contributed by atoms with Crippen molar-refractivity contribution in [3.63, 3.8) is 0 Å². The highest BCUT2D eigenvalue weighted by molar-refractivity contribution is 5.82. The van der Waals surface area contributed by atoms with E-state index in [4.69, 9.17) is 10.8 Å². The third kappa shape index (κ3) is 5.68. The van der Waals surface area contributed by atoms with Gasteiger partial charge >= 0.3 is 5.97 Å². The van der Waals surface area contributed by atoms with Crippen LogP contribution < -0.4 is 5.73 Å². The number of hydrogen-bond acceptors (Lipinski definition) is 3. The van der Waals surface area contributed by atoms with Gasteiger partial charge in [-0.3, -0.25) is 9.59 Å². The molecule has 0 aromatic rings. The number of nitrogens with two attached hydrogens (primary N) is 1. The fourth-order valence-electron chi connectivity index (χ4n) is 1.62. The number of carboxylic acids is 1. The lowest BCUT2D eigenvalue weighted by atomic mass is 10.0. The molecule has 0 saturated carbocycles. The fraction of sp³-hybridized carbons (Fsp3) is 0.833. The first-order valence-electron chi connectivity index (χ1n) is 5.99. The first-order valence-corrected chi connectivity index (χ1v) is 5.99. The van der Waals surface area contributed by atoms with Crippen molar-refractivity contribution in [2.75, 3.05) is 6.54 Å². The van der Waals surface area contributed by atoms with E-state index in [0.717, 1.165) is 6.42 Å². The molecule has 0 saturated heterocycles. The minimum Gasteiger partial charge on any atom is -0.481 e. The van der Waals surface area contributed by atoms with Crippen molar-refractivity contribution in [3.05, 3.63) is 0 Å². The predicted molar refractivity (Wildman–Crippen MR) is 66.6 cm³/mol. The van der Waals surface area contributed by atoms with E-state index >= 15 is 0 Å². The third-order valence-corrected chi connectivity index (χ3v) is 2.54. The summed E-state index contributed by atoms with van der Waals surface area (Å²) < 4.78 is 0. The van der Waals surface area contributed by atoms with Crippen LogP contribution in [0.15, 0.2) is 0 Å². The van der Waals surface area contributed by atoms with Gasteiger partial charge in [-0.05, 0) is 27.2 Å². The Bertz CT molecular complexity index is 271. The summed E-state index contributed by atoms with van der Waals surface area (Å²) in [5.74, 6) is -1.07. The zero-order valence-electron chi connectivity index (χ0n) is 11.2. The Morgan fingerprint density at radius 1 is 1.35 bits per heavy atom. The van der Waals surface area contributed by atoms with E-state index in [9.17, 15) is 9.59 Å². The summed E-state index contributed by atoms with van der Waals surface area (Å²) >= 11 is 0. The average molecular weight is 244 g/mol. The number of rotatable bonds is 6. The number of hydrogen-bond donors (Lipinski definition) is 2. The number of amides is 1. The van der Waals surface area contributed by atoms with Crippen molar-refractivity contribution in [2.24, 2.45) is 5.73 Å². The molecule has 3 N–H and O–H groups in total. The number of carbonyl (C=O) groups excluding carboxylic acids is 1. The van der Waals surface area contributed by atoms with Crippen LogP contribution in [0.5, 0.6) is 0 Å². The first-order chi connectivity index (χ1) is 7.70. The van der Waals surface area contributed by atoms with E-state index in [1.165, 1.54) is 0 Å². The molecule has 0 aliphatic carbocycles. The number of aliphatic carboxylic acids is 1. The van der Waals surface area contributed by atoms with Gasteiger partial charge in [0.2, 0.25) is 5.91 Å². The van der Waals surface area contributed by atoms with Gasteiger partial charge < -0.3 is 15.7 Å². The SMILES string of the molecule is CCC[C@H](N)C(=O)N(CCC(=O)O)C(C)(C)C. The molecule has 17 heavy (non-hydrogen) atoms. The summed E-state index contributed by atoms with van der Waals surface area (Å²) in [4.78, 5) is 24.2. The molecule has 0 fully saturated rings. The summed E-state index contributed by atoms with van der Waals surface area (Å²) in [6, 6.07) is -0.534. The highest BCUT2D eigenvalue weighted by Crippen LogP contribution is 2.16. The molecule has 0 unspecified atom stereocenters.